The molecule has 4 nitrogen and oxygen atoms in total. The van der Waals surface area contributed by atoms with Crippen molar-refractivity contribution in [2.75, 3.05) is 26.4 Å². The first-order valence-corrected chi connectivity index (χ1v) is 7.74. The lowest BCUT2D eigenvalue weighted by molar-refractivity contribution is 0.0808. The van der Waals surface area contributed by atoms with Crippen molar-refractivity contribution >= 4 is 0 Å². The minimum atomic E-state index is 0.135. The largest absolute Gasteiger partial charge is 0.490 e. The summed E-state index contributed by atoms with van der Waals surface area (Å²) in [6.07, 6.45) is 0.831. The van der Waals surface area contributed by atoms with Gasteiger partial charge in [0.2, 0.25) is 0 Å². The van der Waals surface area contributed by atoms with Crippen molar-refractivity contribution in [2.45, 2.75) is 40.2 Å². The van der Waals surface area contributed by atoms with Gasteiger partial charge in [-0.3, -0.25) is 0 Å². The Morgan fingerprint density at radius 1 is 1.05 bits per heavy atom. The summed E-state index contributed by atoms with van der Waals surface area (Å²) in [5.74, 6) is 2.08. The second kappa shape index (κ2) is 9.64. The van der Waals surface area contributed by atoms with Crippen LogP contribution < -0.4 is 15.2 Å². The molecule has 0 aliphatic carbocycles. The van der Waals surface area contributed by atoms with E-state index in [2.05, 4.69) is 13.8 Å². The lowest BCUT2D eigenvalue weighted by atomic mass is 10.1. The first-order chi connectivity index (χ1) is 10.0. The number of hydrogen-bond donors (Lipinski definition) is 1. The quantitative estimate of drug-likeness (QED) is 0.674. The summed E-state index contributed by atoms with van der Waals surface area (Å²) in [5.41, 5.74) is 7.00. The molecule has 1 atom stereocenters. The van der Waals surface area contributed by atoms with E-state index < -0.39 is 0 Å². The molecule has 120 valence electrons. The molecule has 0 saturated heterocycles. The van der Waals surface area contributed by atoms with E-state index in [0.717, 1.165) is 30.1 Å². The summed E-state index contributed by atoms with van der Waals surface area (Å²) < 4.78 is 16.9. The zero-order chi connectivity index (χ0) is 15.7. The molecule has 0 bridgehead atoms. The van der Waals surface area contributed by atoms with E-state index in [1.165, 1.54) is 0 Å². The molecule has 1 unspecified atom stereocenters. The smallest absolute Gasteiger partial charge is 0.161 e. The van der Waals surface area contributed by atoms with E-state index in [-0.39, 0.29) is 6.04 Å². The molecule has 1 aromatic carbocycles. The van der Waals surface area contributed by atoms with E-state index in [1.807, 2.05) is 32.0 Å². The molecular formula is C17H29NO3. The third-order valence-corrected chi connectivity index (χ3v) is 2.80. The maximum absolute atomic E-state index is 5.84. The van der Waals surface area contributed by atoms with Crippen LogP contribution in [0.2, 0.25) is 0 Å². The summed E-state index contributed by atoms with van der Waals surface area (Å²) in [6.45, 7) is 10.7. The van der Waals surface area contributed by atoms with Crippen molar-refractivity contribution in [1.29, 1.82) is 0 Å². The standard InChI is InChI=1S/C17H29NO3/c1-5-20-17-11-15(10-14(4)18)6-7-16(17)21-9-8-19-12-13(2)3/h6-7,11,13-14H,5,8-10,12,18H2,1-4H3. The fraction of sp³-hybridized carbons (Fsp3) is 0.647. The lowest BCUT2D eigenvalue weighted by Gasteiger charge is -2.14. The molecule has 1 rings (SSSR count). The van der Waals surface area contributed by atoms with Gasteiger partial charge in [-0.1, -0.05) is 19.9 Å². The van der Waals surface area contributed by atoms with Gasteiger partial charge in [0, 0.05) is 12.6 Å². The summed E-state index contributed by atoms with van der Waals surface area (Å²) in [6, 6.07) is 6.13. The molecule has 2 N–H and O–H groups in total. The van der Waals surface area contributed by atoms with Crippen molar-refractivity contribution < 1.29 is 14.2 Å². The van der Waals surface area contributed by atoms with Gasteiger partial charge in [-0.25, -0.2) is 0 Å². The first kappa shape index (κ1) is 17.8. The van der Waals surface area contributed by atoms with Gasteiger partial charge < -0.3 is 19.9 Å². The van der Waals surface area contributed by atoms with Gasteiger partial charge in [0.05, 0.1) is 13.2 Å². The maximum Gasteiger partial charge on any atom is 0.161 e. The highest BCUT2D eigenvalue weighted by Crippen LogP contribution is 2.28. The number of rotatable bonds is 10. The molecule has 0 aliphatic rings. The van der Waals surface area contributed by atoms with Gasteiger partial charge >= 0.3 is 0 Å². The second-order valence-corrected chi connectivity index (χ2v) is 5.71. The molecule has 1 aromatic rings. The van der Waals surface area contributed by atoms with Crippen LogP contribution in [0.5, 0.6) is 11.5 Å². The molecular weight excluding hydrogens is 266 g/mol. The van der Waals surface area contributed by atoms with Crippen LogP contribution in [-0.4, -0.2) is 32.5 Å². The summed E-state index contributed by atoms with van der Waals surface area (Å²) >= 11 is 0. The van der Waals surface area contributed by atoms with Gasteiger partial charge in [-0.15, -0.1) is 0 Å². The Balaban J connectivity index is 2.55. The molecule has 0 aliphatic heterocycles. The summed E-state index contributed by atoms with van der Waals surface area (Å²) in [7, 11) is 0. The Morgan fingerprint density at radius 3 is 2.43 bits per heavy atom. The number of hydrogen-bond acceptors (Lipinski definition) is 4. The minimum Gasteiger partial charge on any atom is -0.490 e. The van der Waals surface area contributed by atoms with Gasteiger partial charge in [0.15, 0.2) is 11.5 Å². The second-order valence-electron chi connectivity index (χ2n) is 5.71. The minimum absolute atomic E-state index is 0.135. The summed E-state index contributed by atoms with van der Waals surface area (Å²) in [5, 5.41) is 0. The van der Waals surface area contributed by atoms with Crippen LogP contribution in [0.4, 0.5) is 0 Å². The van der Waals surface area contributed by atoms with Crippen molar-refractivity contribution in [3.05, 3.63) is 23.8 Å². The zero-order valence-corrected chi connectivity index (χ0v) is 13.7. The van der Waals surface area contributed by atoms with Gasteiger partial charge in [-0.05, 0) is 43.9 Å². The average Bonchev–Trinajstić information content (AvgIpc) is 2.40. The lowest BCUT2D eigenvalue weighted by Crippen LogP contribution is -2.17. The third kappa shape index (κ3) is 7.34. The van der Waals surface area contributed by atoms with Gasteiger partial charge in [0.1, 0.15) is 6.61 Å². The zero-order valence-electron chi connectivity index (χ0n) is 13.7. The molecule has 4 heteroatoms. The van der Waals surface area contributed by atoms with Crippen LogP contribution in [0.15, 0.2) is 18.2 Å². The fourth-order valence-electron chi connectivity index (χ4n) is 1.97. The maximum atomic E-state index is 5.84. The van der Waals surface area contributed by atoms with Crippen LogP contribution in [0.25, 0.3) is 0 Å². The predicted molar refractivity (Wildman–Crippen MR) is 86.1 cm³/mol. The fourth-order valence-corrected chi connectivity index (χ4v) is 1.97. The van der Waals surface area contributed by atoms with Crippen LogP contribution in [-0.2, 0) is 11.2 Å². The molecule has 0 heterocycles. The van der Waals surface area contributed by atoms with E-state index in [1.54, 1.807) is 0 Å². The Morgan fingerprint density at radius 2 is 1.81 bits per heavy atom. The monoisotopic (exact) mass is 295 g/mol. The molecule has 0 aromatic heterocycles. The number of benzene rings is 1. The number of ether oxygens (including phenoxy) is 3. The van der Waals surface area contributed by atoms with Crippen LogP contribution in [0.1, 0.15) is 33.3 Å². The molecule has 0 radical (unpaired) electrons. The normalized spacial score (nSPS) is 12.5. The van der Waals surface area contributed by atoms with Crippen LogP contribution >= 0.6 is 0 Å². The topological polar surface area (TPSA) is 53.7 Å². The number of nitrogens with two attached hydrogens (primary N) is 1. The Labute approximate surface area is 128 Å². The predicted octanol–water partition coefficient (Wildman–Crippen LogP) is 3.03. The highest BCUT2D eigenvalue weighted by molar-refractivity contribution is 5.43. The molecule has 0 spiro atoms. The molecule has 21 heavy (non-hydrogen) atoms. The molecule has 0 saturated carbocycles. The van der Waals surface area contributed by atoms with E-state index in [0.29, 0.717) is 25.7 Å². The van der Waals surface area contributed by atoms with Gasteiger partial charge in [0.25, 0.3) is 0 Å². The van der Waals surface area contributed by atoms with Gasteiger partial charge in [-0.2, -0.15) is 0 Å². The Bertz CT molecular complexity index is 405. The highest BCUT2D eigenvalue weighted by Gasteiger charge is 2.08. The third-order valence-electron chi connectivity index (χ3n) is 2.80. The van der Waals surface area contributed by atoms with Crippen LogP contribution in [0, 0.1) is 5.92 Å². The first-order valence-electron chi connectivity index (χ1n) is 7.74. The average molecular weight is 295 g/mol. The van der Waals surface area contributed by atoms with E-state index >= 15 is 0 Å². The van der Waals surface area contributed by atoms with Crippen molar-refractivity contribution in [2.24, 2.45) is 11.7 Å². The molecule has 0 fully saturated rings. The Kier molecular flexibility index (Phi) is 8.16. The van der Waals surface area contributed by atoms with E-state index in [9.17, 15) is 0 Å². The SMILES string of the molecule is CCOc1cc(CC(C)N)ccc1OCCOCC(C)C. The molecule has 0 amide bonds. The highest BCUT2D eigenvalue weighted by atomic mass is 16.5. The summed E-state index contributed by atoms with van der Waals surface area (Å²) in [4.78, 5) is 0. The van der Waals surface area contributed by atoms with Crippen molar-refractivity contribution in [1.82, 2.24) is 0 Å². The Hall–Kier alpha value is -1.26. The van der Waals surface area contributed by atoms with Crippen LogP contribution in [0.3, 0.4) is 0 Å². The van der Waals surface area contributed by atoms with Crippen molar-refractivity contribution in [3.8, 4) is 11.5 Å². The van der Waals surface area contributed by atoms with E-state index in [4.69, 9.17) is 19.9 Å². The van der Waals surface area contributed by atoms with Crippen molar-refractivity contribution in [3.63, 3.8) is 0 Å².